The second-order valence-corrected chi connectivity index (χ2v) is 8.41. The Kier molecular flexibility index (Phi) is 5.92. The third-order valence-electron chi connectivity index (χ3n) is 5.41. The van der Waals surface area contributed by atoms with Crippen molar-refractivity contribution in [3.05, 3.63) is 46.1 Å². The minimum absolute atomic E-state index is 0.131. The first-order valence-corrected chi connectivity index (χ1v) is 11.1. The molecule has 1 saturated heterocycles. The quantitative estimate of drug-likeness (QED) is 0.670. The molecule has 1 amide bonds. The molecule has 0 bridgehead atoms. The summed E-state index contributed by atoms with van der Waals surface area (Å²) < 4.78 is 6.68. The van der Waals surface area contributed by atoms with Crippen molar-refractivity contribution in [2.45, 2.75) is 33.2 Å². The molecule has 160 valence electrons. The number of benzene rings is 1. The Morgan fingerprint density at radius 2 is 1.90 bits per heavy atom. The lowest BCUT2D eigenvalue weighted by Crippen LogP contribution is -2.49. The number of nitrogens with zero attached hydrogens (tertiary/aromatic N) is 5. The van der Waals surface area contributed by atoms with E-state index in [1.165, 1.54) is 21.4 Å². The van der Waals surface area contributed by atoms with E-state index in [4.69, 9.17) is 4.74 Å². The highest BCUT2D eigenvalue weighted by Crippen LogP contribution is 2.40. The van der Waals surface area contributed by atoms with E-state index in [9.17, 15) is 9.90 Å². The van der Waals surface area contributed by atoms with E-state index in [1.54, 1.807) is 4.90 Å². The molecule has 30 heavy (non-hydrogen) atoms. The second-order valence-electron chi connectivity index (χ2n) is 7.40. The maximum atomic E-state index is 12.1. The monoisotopic (exact) mass is 429 g/mol. The van der Waals surface area contributed by atoms with Gasteiger partial charge in [-0.2, -0.15) is 4.52 Å². The summed E-state index contributed by atoms with van der Waals surface area (Å²) in [5, 5.41) is 15.4. The van der Waals surface area contributed by atoms with Gasteiger partial charge in [-0.05, 0) is 19.4 Å². The van der Waals surface area contributed by atoms with Crippen molar-refractivity contribution < 1.29 is 14.6 Å². The van der Waals surface area contributed by atoms with Crippen LogP contribution in [0.2, 0.25) is 0 Å². The van der Waals surface area contributed by atoms with E-state index >= 15 is 0 Å². The lowest BCUT2D eigenvalue weighted by atomic mass is 10.0. The molecule has 8 nitrogen and oxygen atoms in total. The fourth-order valence-electron chi connectivity index (χ4n) is 3.77. The van der Waals surface area contributed by atoms with Gasteiger partial charge in [0.2, 0.25) is 10.8 Å². The first kappa shape index (κ1) is 20.6. The van der Waals surface area contributed by atoms with Crippen LogP contribution in [0.1, 0.15) is 41.7 Å². The fourth-order valence-corrected chi connectivity index (χ4v) is 4.91. The molecule has 3 heterocycles. The predicted molar refractivity (Wildman–Crippen MR) is 115 cm³/mol. The predicted octanol–water partition coefficient (Wildman–Crippen LogP) is 3.23. The summed E-state index contributed by atoms with van der Waals surface area (Å²) in [4.78, 5) is 22.2. The number of fused-ring (bicyclic) bond motifs is 1. The van der Waals surface area contributed by atoms with E-state index in [0.717, 1.165) is 22.7 Å². The maximum absolute atomic E-state index is 12.1. The number of carbonyl (C=O) groups excluding carboxylic acids is 1. The molecule has 3 aromatic rings. The van der Waals surface area contributed by atoms with Crippen molar-refractivity contribution in [1.82, 2.24) is 24.4 Å². The number of ether oxygens (including phenoxy) is 1. The lowest BCUT2D eigenvalue weighted by molar-refractivity contribution is 0.0715. The van der Waals surface area contributed by atoms with Crippen LogP contribution in [0.3, 0.4) is 0 Å². The van der Waals surface area contributed by atoms with Crippen LogP contribution in [0.15, 0.2) is 24.3 Å². The third-order valence-corrected chi connectivity index (χ3v) is 6.48. The van der Waals surface area contributed by atoms with Crippen LogP contribution in [-0.4, -0.2) is 68.4 Å². The van der Waals surface area contributed by atoms with Gasteiger partial charge in [0.05, 0.1) is 17.5 Å². The first-order chi connectivity index (χ1) is 14.5. The number of rotatable bonds is 5. The van der Waals surface area contributed by atoms with E-state index in [0.29, 0.717) is 37.7 Å². The minimum atomic E-state index is -0.266. The van der Waals surface area contributed by atoms with Gasteiger partial charge in [-0.3, -0.25) is 4.90 Å². The molecule has 0 aliphatic carbocycles. The van der Waals surface area contributed by atoms with E-state index < -0.39 is 0 Å². The number of piperazine rings is 1. The molecule has 0 saturated carbocycles. The van der Waals surface area contributed by atoms with Gasteiger partial charge in [-0.25, -0.2) is 9.78 Å². The van der Waals surface area contributed by atoms with Crippen molar-refractivity contribution in [3.8, 4) is 5.88 Å². The highest BCUT2D eigenvalue weighted by atomic mass is 32.1. The number of carbonyl (C=O) groups is 1. The van der Waals surface area contributed by atoms with Crippen LogP contribution in [0, 0.1) is 6.92 Å². The van der Waals surface area contributed by atoms with Crippen molar-refractivity contribution in [3.63, 3.8) is 0 Å². The van der Waals surface area contributed by atoms with Gasteiger partial charge in [0.15, 0.2) is 5.82 Å². The molecule has 1 N–H and O–H groups in total. The zero-order chi connectivity index (χ0) is 21.3. The molecule has 1 aliphatic rings. The summed E-state index contributed by atoms with van der Waals surface area (Å²) in [6.07, 6.45) is 0.457. The molecule has 1 aliphatic heterocycles. The third kappa shape index (κ3) is 3.87. The minimum Gasteiger partial charge on any atom is -0.492 e. The summed E-state index contributed by atoms with van der Waals surface area (Å²) in [7, 11) is 0. The van der Waals surface area contributed by atoms with Gasteiger partial charge < -0.3 is 14.7 Å². The molecule has 2 aromatic heterocycles. The number of thiazole rings is 1. The van der Waals surface area contributed by atoms with Crippen LogP contribution in [0.4, 0.5) is 4.79 Å². The van der Waals surface area contributed by atoms with Gasteiger partial charge in [0, 0.05) is 32.6 Å². The number of aromatic nitrogens is 3. The Labute approximate surface area is 179 Å². The number of hydrogen-bond acceptors (Lipinski definition) is 7. The number of aromatic hydroxyl groups is 1. The maximum Gasteiger partial charge on any atom is 0.409 e. The van der Waals surface area contributed by atoms with Crippen molar-refractivity contribution in [2.24, 2.45) is 0 Å². The lowest BCUT2D eigenvalue weighted by Gasteiger charge is -2.38. The normalized spacial score (nSPS) is 16.2. The number of aryl methyl sites for hydroxylation is 2. The van der Waals surface area contributed by atoms with Gasteiger partial charge >= 0.3 is 6.09 Å². The summed E-state index contributed by atoms with van der Waals surface area (Å²) in [6.45, 7) is 8.79. The number of hydrogen-bond donors (Lipinski definition) is 1. The molecule has 1 fully saturated rings. The highest BCUT2D eigenvalue weighted by Gasteiger charge is 2.32. The summed E-state index contributed by atoms with van der Waals surface area (Å²) in [5.41, 5.74) is 2.28. The second kappa shape index (κ2) is 8.61. The smallest absolute Gasteiger partial charge is 0.409 e. The van der Waals surface area contributed by atoms with E-state index in [-0.39, 0.29) is 18.0 Å². The van der Waals surface area contributed by atoms with E-state index in [2.05, 4.69) is 46.2 Å². The molecule has 9 heteroatoms. The van der Waals surface area contributed by atoms with Crippen LogP contribution in [0.25, 0.3) is 4.96 Å². The van der Waals surface area contributed by atoms with Crippen LogP contribution in [0.5, 0.6) is 5.88 Å². The zero-order valence-electron chi connectivity index (χ0n) is 17.5. The first-order valence-electron chi connectivity index (χ1n) is 10.3. The molecule has 0 unspecified atom stereocenters. The molecular formula is C21H27N5O3S. The van der Waals surface area contributed by atoms with Crippen molar-refractivity contribution >= 4 is 22.4 Å². The van der Waals surface area contributed by atoms with Gasteiger partial charge in [-0.15, -0.1) is 5.10 Å². The Bertz CT molecular complexity index is 1020. The average Bonchev–Trinajstić information content (AvgIpc) is 3.29. The Hall–Kier alpha value is -2.65. The number of amides is 1. The largest absolute Gasteiger partial charge is 0.492 e. The summed E-state index contributed by atoms with van der Waals surface area (Å²) in [5.74, 6) is 0.860. The molecule has 0 radical (unpaired) electrons. The zero-order valence-corrected chi connectivity index (χ0v) is 18.4. The van der Waals surface area contributed by atoms with Crippen molar-refractivity contribution in [2.75, 3.05) is 32.8 Å². The highest BCUT2D eigenvalue weighted by molar-refractivity contribution is 7.17. The molecule has 1 aromatic carbocycles. The SMILES string of the molecule is CCOC(=O)N1CCN([C@@H](c2ccc(C)cc2)c2sc3nc(CC)nn3c2O)CC1. The van der Waals surface area contributed by atoms with Crippen LogP contribution in [-0.2, 0) is 11.2 Å². The molecule has 0 spiro atoms. The fraction of sp³-hybridized carbons (Fsp3) is 0.476. The van der Waals surface area contributed by atoms with Gasteiger partial charge in [0.25, 0.3) is 0 Å². The molecular weight excluding hydrogens is 402 g/mol. The Balaban J connectivity index is 1.66. The Morgan fingerprint density at radius 1 is 1.20 bits per heavy atom. The van der Waals surface area contributed by atoms with Crippen molar-refractivity contribution in [1.29, 1.82) is 0 Å². The Morgan fingerprint density at radius 3 is 2.50 bits per heavy atom. The summed E-state index contributed by atoms with van der Waals surface area (Å²) in [6, 6.07) is 8.24. The van der Waals surface area contributed by atoms with Crippen LogP contribution >= 0.6 is 11.3 Å². The average molecular weight is 430 g/mol. The molecule has 4 rings (SSSR count). The molecule has 1 atom stereocenters. The standard InChI is InChI=1S/C21H27N5O3S/c1-4-16-22-20-26(23-16)19(27)18(30-20)17(15-8-6-14(3)7-9-15)24-10-12-25(13-11-24)21(28)29-5-2/h6-9,17,27H,4-5,10-13H2,1-3H3/t17-/m0/s1. The topological polar surface area (TPSA) is 83.2 Å². The summed E-state index contributed by atoms with van der Waals surface area (Å²) >= 11 is 1.47. The van der Waals surface area contributed by atoms with Gasteiger partial charge in [0.1, 0.15) is 0 Å². The van der Waals surface area contributed by atoms with Crippen LogP contribution < -0.4 is 0 Å². The van der Waals surface area contributed by atoms with E-state index in [1.807, 2.05) is 13.8 Å². The van der Waals surface area contributed by atoms with Gasteiger partial charge in [-0.1, -0.05) is 48.1 Å².